The third-order valence-electron chi connectivity index (χ3n) is 3.30. The fraction of sp³-hybridized carbons (Fsp3) is 0.500. The lowest BCUT2D eigenvalue weighted by Gasteiger charge is -2.27. The molecule has 0 saturated carbocycles. The van der Waals surface area contributed by atoms with Crippen LogP contribution < -0.4 is 10.6 Å². The van der Waals surface area contributed by atoms with Gasteiger partial charge in [0.1, 0.15) is 11.6 Å². The SMILES string of the molecule is CC(C)C(C)(O)CNC(=O)NCc1cc(F)ccc1F. The largest absolute Gasteiger partial charge is 0.388 e. The number of benzene rings is 1. The zero-order chi connectivity index (χ0) is 15.3. The van der Waals surface area contributed by atoms with Crippen LogP contribution in [0.2, 0.25) is 0 Å². The zero-order valence-electron chi connectivity index (χ0n) is 11.8. The van der Waals surface area contributed by atoms with Crippen molar-refractivity contribution in [1.82, 2.24) is 10.6 Å². The second-order valence-corrected chi connectivity index (χ2v) is 5.28. The average Bonchev–Trinajstić information content (AvgIpc) is 2.37. The minimum Gasteiger partial charge on any atom is -0.388 e. The number of rotatable bonds is 5. The summed E-state index contributed by atoms with van der Waals surface area (Å²) in [6.45, 7) is 5.23. The summed E-state index contributed by atoms with van der Waals surface area (Å²) in [6.07, 6.45) is 0. The van der Waals surface area contributed by atoms with Crippen LogP contribution in [0.15, 0.2) is 18.2 Å². The monoisotopic (exact) mass is 286 g/mol. The standard InChI is InChI=1S/C14H20F2N2O2/c1-9(2)14(3,20)8-18-13(19)17-7-10-6-11(15)4-5-12(10)16/h4-6,9,20H,7-8H2,1-3H3,(H2,17,18,19). The zero-order valence-corrected chi connectivity index (χ0v) is 11.8. The molecule has 1 unspecified atom stereocenters. The van der Waals surface area contributed by atoms with Gasteiger partial charge in [0.25, 0.3) is 0 Å². The minimum absolute atomic E-state index is 0.0246. The van der Waals surface area contributed by atoms with Crippen LogP contribution >= 0.6 is 0 Å². The number of halogens is 2. The first-order valence-electron chi connectivity index (χ1n) is 6.40. The molecule has 6 heteroatoms. The summed E-state index contributed by atoms with van der Waals surface area (Å²) in [5.74, 6) is -1.17. The normalized spacial score (nSPS) is 13.9. The van der Waals surface area contributed by atoms with Crippen LogP contribution in [-0.2, 0) is 6.54 Å². The average molecular weight is 286 g/mol. The van der Waals surface area contributed by atoms with Crippen LogP contribution in [0.1, 0.15) is 26.3 Å². The van der Waals surface area contributed by atoms with Gasteiger partial charge in [-0.05, 0) is 31.0 Å². The number of hydrogen-bond donors (Lipinski definition) is 3. The van der Waals surface area contributed by atoms with E-state index >= 15 is 0 Å². The van der Waals surface area contributed by atoms with Gasteiger partial charge >= 0.3 is 6.03 Å². The Bertz CT molecular complexity index is 476. The molecule has 20 heavy (non-hydrogen) atoms. The molecule has 0 fully saturated rings. The van der Waals surface area contributed by atoms with Gasteiger partial charge in [-0.3, -0.25) is 0 Å². The number of amides is 2. The Labute approximate surface area is 117 Å². The number of aliphatic hydroxyl groups is 1. The maximum Gasteiger partial charge on any atom is 0.315 e. The predicted octanol–water partition coefficient (Wildman–Crippen LogP) is 2.17. The molecule has 1 rings (SSSR count). The highest BCUT2D eigenvalue weighted by molar-refractivity contribution is 5.73. The lowest BCUT2D eigenvalue weighted by molar-refractivity contribution is 0.0166. The Kier molecular flexibility index (Phi) is 5.44. The molecule has 112 valence electrons. The van der Waals surface area contributed by atoms with Gasteiger partial charge in [0, 0.05) is 18.7 Å². The maximum absolute atomic E-state index is 13.3. The summed E-state index contributed by atoms with van der Waals surface area (Å²) in [5.41, 5.74) is -0.961. The van der Waals surface area contributed by atoms with Gasteiger partial charge in [-0.15, -0.1) is 0 Å². The number of carbonyl (C=O) groups is 1. The highest BCUT2D eigenvalue weighted by atomic mass is 19.1. The molecule has 0 aliphatic rings. The molecule has 0 heterocycles. The van der Waals surface area contributed by atoms with Crippen molar-refractivity contribution in [3.8, 4) is 0 Å². The van der Waals surface area contributed by atoms with Crippen LogP contribution in [0.3, 0.4) is 0 Å². The first kappa shape index (κ1) is 16.4. The van der Waals surface area contributed by atoms with Crippen molar-refractivity contribution in [2.45, 2.75) is 32.9 Å². The van der Waals surface area contributed by atoms with Gasteiger partial charge in [0.2, 0.25) is 0 Å². The Morgan fingerprint density at radius 3 is 2.60 bits per heavy atom. The van der Waals surface area contributed by atoms with Gasteiger partial charge in [-0.1, -0.05) is 13.8 Å². The van der Waals surface area contributed by atoms with Crippen molar-refractivity contribution < 1.29 is 18.7 Å². The van der Waals surface area contributed by atoms with E-state index in [0.717, 1.165) is 18.2 Å². The van der Waals surface area contributed by atoms with E-state index in [1.54, 1.807) is 6.92 Å². The molecule has 0 aliphatic carbocycles. The summed E-state index contributed by atoms with van der Waals surface area (Å²) in [4.78, 5) is 11.5. The molecule has 1 aromatic rings. The summed E-state index contributed by atoms with van der Waals surface area (Å²) >= 11 is 0. The Hall–Kier alpha value is -1.69. The summed E-state index contributed by atoms with van der Waals surface area (Å²) < 4.78 is 26.3. The number of nitrogens with one attached hydrogen (secondary N) is 2. The molecule has 3 N–H and O–H groups in total. The lowest BCUT2D eigenvalue weighted by atomic mass is 9.93. The molecule has 2 amide bonds. The van der Waals surface area contributed by atoms with Crippen LogP contribution in [0.5, 0.6) is 0 Å². The first-order valence-corrected chi connectivity index (χ1v) is 6.40. The summed E-state index contributed by atoms with van der Waals surface area (Å²) in [6, 6.07) is 2.50. The smallest absolute Gasteiger partial charge is 0.315 e. The van der Waals surface area contributed by atoms with E-state index in [-0.39, 0.29) is 24.6 Å². The molecular weight excluding hydrogens is 266 g/mol. The van der Waals surface area contributed by atoms with Crippen molar-refractivity contribution in [2.75, 3.05) is 6.54 Å². The third-order valence-corrected chi connectivity index (χ3v) is 3.30. The molecular formula is C14H20F2N2O2. The first-order chi connectivity index (χ1) is 9.22. The molecule has 0 aromatic heterocycles. The van der Waals surface area contributed by atoms with E-state index in [1.807, 2.05) is 13.8 Å². The molecule has 0 aliphatic heterocycles. The molecule has 1 aromatic carbocycles. The fourth-order valence-corrected chi connectivity index (χ4v) is 1.38. The van der Waals surface area contributed by atoms with Gasteiger partial charge in [-0.25, -0.2) is 13.6 Å². The van der Waals surface area contributed by atoms with Crippen molar-refractivity contribution in [3.63, 3.8) is 0 Å². The lowest BCUT2D eigenvalue weighted by Crippen LogP contribution is -2.47. The van der Waals surface area contributed by atoms with E-state index in [9.17, 15) is 18.7 Å². The molecule has 0 radical (unpaired) electrons. The van der Waals surface area contributed by atoms with E-state index in [2.05, 4.69) is 10.6 Å². The Balaban J connectivity index is 2.46. The third kappa shape index (κ3) is 4.77. The fourth-order valence-electron chi connectivity index (χ4n) is 1.38. The minimum atomic E-state index is -1.03. The van der Waals surface area contributed by atoms with Crippen molar-refractivity contribution in [1.29, 1.82) is 0 Å². The Morgan fingerprint density at radius 2 is 2.00 bits per heavy atom. The van der Waals surface area contributed by atoms with Gasteiger partial charge in [-0.2, -0.15) is 0 Å². The molecule has 1 atom stereocenters. The molecule has 0 spiro atoms. The summed E-state index contributed by atoms with van der Waals surface area (Å²) in [5, 5.41) is 14.9. The van der Waals surface area contributed by atoms with Gasteiger partial charge < -0.3 is 15.7 Å². The van der Waals surface area contributed by atoms with Gasteiger partial charge in [0.05, 0.1) is 5.60 Å². The maximum atomic E-state index is 13.3. The highest BCUT2D eigenvalue weighted by Gasteiger charge is 2.25. The molecule has 0 bridgehead atoms. The van der Waals surface area contributed by atoms with Crippen LogP contribution in [0, 0.1) is 17.6 Å². The second kappa shape index (κ2) is 6.65. The van der Waals surface area contributed by atoms with Crippen molar-refractivity contribution >= 4 is 6.03 Å². The Morgan fingerprint density at radius 1 is 1.35 bits per heavy atom. The van der Waals surface area contributed by atoms with Crippen LogP contribution in [0.4, 0.5) is 13.6 Å². The molecule has 0 saturated heterocycles. The van der Waals surface area contributed by atoms with E-state index < -0.39 is 23.3 Å². The van der Waals surface area contributed by atoms with Crippen molar-refractivity contribution in [2.24, 2.45) is 5.92 Å². The number of carbonyl (C=O) groups excluding carboxylic acids is 1. The van der Waals surface area contributed by atoms with Crippen LogP contribution in [0.25, 0.3) is 0 Å². The van der Waals surface area contributed by atoms with Crippen molar-refractivity contribution in [3.05, 3.63) is 35.4 Å². The topological polar surface area (TPSA) is 61.4 Å². The van der Waals surface area contributed by atoms with E-state index in [0.29, 0.717) is 0 Å². The quantitative estimate of drug-likeness (QED) is 0.777. The number of hydrogen-bond acceptors (Lipinski definition) is 2. The van der Waals surface area contributed by atoms with E-state index in [1.165, 1.54) is 0 Å². The van der Waals surface area contributed by atoms with Gasteiger partial charge in [0.15, 0.2) is 0 Å². The van der Waals surface area contributed by atoms with Crippen LogP contribution in [-0.4, -0.2) is 23.3 Å². The number of urea groups is 1. The second-order valence-electron chi connectivity index (χ2n) is 5.28. The molecule has 4 nitrogen and oxygen atoms in total. The summed E-state index contributed by atoms with van der Waals surface area (Å²) in [7, 11) is 0. The highest BCUT2D eigenvalue weighted by Crippen LogP contribution is 2.14. The van der Waals surface area contributed by atoms with E-state index in [4.69, 9.17) is 0 Å². The predicted molar refractivity (Wildman–Crippen MR) is 72.1 cm³/mol.